The molecule has 0 rings (SSSR count). The van der Waals surface area contributed by atoms with Crippen molar-refractivity contribution in [2.24, 2.45) is 0 Å². The average Bonchev–Trinajstić information content (AvgIpc) is 1.61. The maximum atomic E-state index is 4.80. The fraction of sp³-hybridized carbons (Fsp3) is 1.00. The zero-order valence-corrected chi connectivity index (χ0v) is 9.68. The van der Waals surface area contributed by atoms with Crippen LogP contribution in [0.15, 0.2) is 0 Å². The first-order chi connectivity index (χ1) is 2.91. The minimum absolute atomic E-state index is 0. The molecule has 3 nitrogen and oxygen atoms in total. The van der Waals surface area contributed by atoms with Crippen LogP contribution < -0.4 is 29.6 Å². The predicted octanol–water partition coefficient (Wildman–Crippen LogP) is -3.98. The quantitative estimate of drug-likeness (QED) is 0.300. The molecule has 0 heterocycles. The van der Waals surface area contributed by atoms with E-state index in [-0.39, 0.29) is 35.0 Å². The van der Waals surface area contributed by atoms with Gasteiger partial charge in [-0.25, -0.2) is 0 Å². The molecule has 0 radical (unpaired) electrons. The molecule has 0 unspecified atom stereocenters. The summed E-state index contributed by atoms with van der Waals surface area (Å²) >= 11 is 0.823. The molecule has 44 valence electrons. The van der Waals surface area contributed by atoms with E-state index in [0.717, 1.165) is 29.8 Å². The van der Waals surface area contributed by atoms with Gasteiger partial charge in [0.1, 0.15) is 0 Å². The second-order valence-corrected chi connectivity index (χ2v) is 1.56. The predicted molar refractivity (Wildman–Crippen MR) is 28.3 cm³/mol. The van der Waals surface area contributed by atoms with Crippen molar-refractivity contribution < 1.29 is 43.6 Å². The minimum Gasteiger partial charge on any atom is -0.870 e. The van der Waals surface area contributed by atoms with Crippen LogP contribution >= 0.6 is 0 Å². The van der Waals surface area contributed by atoms with E-state index in [0.29, 0.717) is 0 Å². The van der Waals surface area contributed by atoms with Crippen LogP contribution in [0.2, 0.25) is 0 Å². The summed E-state index contributed by atoms with van der Waals surface area (Å²) in [7, 11) is 1.67. The van der Waals surface area contributed by atoms with Crippen molar-refractivity contribution in [1.82, 2.24) is 0 Å². The molecule has 0 aliphatic rings. The van der Waals surface area contributed by atoms with Gasteiger partial charge in [0.15, 0.2) is 0 Å². The van der Waals surface area contributed by atoms with Gasteiger partial charge in [-0.1, -0.05) is 0 Å². The van der Waals surface area contributed by atoms with E-state index >= 15 is 0 Å². The zero-order chi connectivity index (χ0) is 4.83. The molecule has 8 heavy (non-hydrogen) atoms. The topological polar surface area (TPSA) is 48.5 Å². The Kier molecular flexibility index (Phi) is 31.9. The third kappa shape index (κ3) is 15.7. The Morgan fingerprint density at radius 2 is 1.88 bits per heavy atom. The van der Waals surface area contributed by atoms with Crippen molar-refractivity contribution in [3.8, 4) is 0 Å². The van der Waals surface area contributed by atoms with Gasteiger partial charge in [-0.05, 0) is 0 Å². The van der Waals surface area contributed by atoms with Crippen molar-refractivity contribution in [2.45, 2.75) is 0 Å². The first kappa shape index (κ1) is 16.2. The van der Waals surface area contributed by atoms with Crippen molar-refractivity contribution in [3.05, 3.63) is 0 Å². The Bertz CT molecular complexity index is 26.5. The van der Waals surface area contributed by atoms with E-state index in [1.54, 1.807) is 7.11 Å². The Balaban J connectivity index is -0.000000125. The van der Waals surface area contributed by atoms with Crippen LogP contribution in [-0.2, 0) is 8.53 Å². The molecule has 0 aromatic heterocycles. The van der Waals surface area contributed by atoms with Crippen molar-refractivity contribution in [2.75, 3.05) is 20.3 Å². The number of methoxy groups -OCH3 is 1. The summed E-state index contributed by atoms with van der Waals surface area (Å²) < 4.78 is 9.48. The fourth-order valence-electron chi connectivity index (χ4n) is 0.167. The fourth-order valence-corrected chi connectivity index (χ4v) is 0.333. The van der Waals surface area contributed by atoms with Gasteiger partial charge in [-0.2, -0.15) is 0 Å². The Hall–Kier alpha value is 1.41. The summed E-state index contributed by atoms with van der Waals surface area (Å²) in [6.07, 6.45) is 0. The zero-order valence-electron chi connectivity index (χ0n) is 5.68. The van der Waals surface area contributed by atoms with E-state index in [2.05, 4.69) is 4.74 Å². The summed E-state index contributed by atoms with van der Waals surface area (Å²) in [5.74, 6) is 0. The van der Waals surface area contributed by atoms with Crippen molar-refractivity contribution in [1.29, 1.82) is 0 Å². The Morgan fingerprint density at radius 3 is 2.00 bits per heavy atom. The van der Waals surface area contributed by atoms with Gasteiger partial charge in [-0.15, -0.1) is 0 Å². The van der Waals surface area contributed by atoms with Crippen LogP contribution in [0.25, 0.3) is 0 Å². The summed E-state index contributed by atoms with van der Waals surface area (Å²) in [4.78, 5) is 0. The normalized spacial score (nSPS) is 6.62. The van der Waals surface area contributed by atoms with Crippen molar-refractivity contribution >= 4 is 16.6 Å². The number of rotatable bonds is 3. The molecule has 5 heteroatoms. The molecule has 0 aliphatic heterocycles. The molecule has 0 fully saturated rings. The summed E-state index contributed by atoms with van der Waals surface area (Å²) in [6, 6.07) is 0. The smallest absolute Gasteiger partial charge is 0.870 e. The van der Waals surface area contributed by atoms with Gasteiger partial charge < -0.3 is 14.0 Å². The largest absolute Gasteiger partial charge is 1.00 e. The van der Waals surface area contributed by atoms with Crippen LogP contribution in [0.5, 0.6) is 0 Å². The molecule has 1 N–H and O–H groups in total. The molecule has 0 aromatic carbocycles. The molecular formula is C3H10AlNaO3. The monoisotopic (exact) mass is 144 g/mol. The van der Waals surface area contributed by atoms with Gasteiger partial charge >= 0.3 is 46.2 Å². The van der Waals surface area contributed by atoms with Crippen molar-refractivity contribution in [3.63, 3.8) is 0 Å². The molecular weight excluding hydrogens is 134 g/mol. The number of hydrogen-bond donors (Lipinski definition) is 0. The molecule has 0 bridgehead atoms. The van der Waals surface area contributed by atoms with E-state index < -0.39 is 0 Å². The molecule has 0 amide bonds. The number of hydrogen-bond acceptors (Lipinski definition) is 3. The molecule has 0 aliphatic carbocycles. The summed E-state index contributed by atoms with van der Waals surface area (Å²) in [5, 5.41) is 0. The molecule has 0 saturated heterocycles. The van der Waals surface area contributed by atoms with Gasteiger partial charge in [-0.3, -0.25) is 0 Å². The van der Waals surface area contributed by atoms with E-state index in [9.17, 15) is 0 Å². The van der Waals surface area contributed by atoms with Crippen LogP contribution in [0.4, 0.5) is 0 Å². The van der Waals surface area contributed by atoms with Crippen LogP contribution in [0, 0.1) is 0 Å². The van der Waals surface area contributed by atoms with Gasteiger partial charge in [0, 0.05) is 13.7 Å². The minimum atomic E-state index is 0. The average molecular weight is 144 g/mol. The van der Waals surface area contributed by atoms with Crippen LogP contribution in [0.1, 0.15) is 0 Å². The van der Waals surface area contributed by atoms with E-state index in [1.807, 2.05) is 0 Å². The molecule has 0 spiro atoms. The van der Waals surface area contributed by atoms with Gasteiger partial charge in [0.2, 0.25) is 0 Å². The van der Waals surface area contributed by atoms with Gasteiger partial charge in [0.25, 0.3) is 0 Å². The SMILES string of the molecule is COCC[O][AlH2].[Na+].[OH-]. The maximum Gasteiger partial charge on any atom is 1.00 e. The Labute approximate surface area is 80.1 Å². The first-order valence-corrected chi connectivity index (χ1v) is 2.71. The number of ether oxygens (including phenoxy) is 1. The summed E-state index contributed by atoms with van der Waals surface area (Å²) in [5.41, 5.74) is 0. The first-order valence-electron chi connectivity index (χ1n) is 1.89. The molecule has 0 saturated carbocycles. The maximum absolute atomic E-state index is 4.80. The third-order valence-electron chi connectivity index (χ3n) is 0.492. The van der Waals surface area contributed by atoms with Crippen LogP contribution in [-0.4, -0.2) is 42.4 Å². The summed E-state index contributed by atoms with van der Waals surface area (Å²) in [6.45, 7) is 1.48. The second-order valence-electron chi connectivity index (χ2n) is 0.986. The van der Waals surface area contributed by atoms with E-state index in [1.165, 1.54) is 0 Å². The van der Waals surface area contributed by atoms with E-state index in [4.69, 9.17) is 3.79 Å². The van der Waals surface area contributed by atoms with Crippen LogP contribution in [0.3, 0.4) is 0 Å². The second kappa shape index (κ2) is 15.8. The molecule has 0 aromatic rings. The third-order valence-corrected chi connectivity index (χ3v) is 0.900. The molecule has 0 atom stereocenters. The standard InChI is InChI=1S/C3H7O2.Al.Na.H2O.2H/c1-5-3-2-4;;;;;/h2-3H2,1H3;;;1H2;;/q-1;2*+1;;;/p-1. The Morgan fingerprint density at radius 1 is 1.38 bits per heavy atom. The van der Waals surface area contributed by atoms with Gasteiger partial charge in [0.05, 0.1) is 6.61 Å².